The molecule has 1 heterocycles. The van der Waals surface area contributed by atoms with Crippen molar-refractivity contribution in [2.24, 2.45) is 0 Å². The standard InChI is InChI=1S/C23H22N2O3/c1-16-9-6-7-13-20(16)17(2)24-23(27)21(15-19-12-8-14-28-19)25-22(26)18-10-4-3-5-11-18/h3-15,17H,1-2H3,(H,24,27)(H,25,26)/b21-15-. The van der Waals surface area contributed by atoms with E-state index in [1.807, 2.05) is 44.2 Å². The number of nitrogens with one attached hydrogen (secondary N) is 2. The van der Waals surface area contributed by atoms with E-state index in [4.69, 9.17) is 4.42 Å². The zero-order valence-electron chi connectivity index (χ0n) is 15.8. The van der Waals surface area contributed by atoms with Crippen molar-refractivity contribution in [3.63, 3.8) is 0 Å². The lowest BCUT2D eigenvalue weighted by atomic mass is 10.0. The number of carbonyl (C=O) groups excluding carboxylic acids is 2. The Kier molecular flexibility index (Phi) is 6.07. The van der Waals surface area contributed by atoms with Crippen LogP contribution in [0.1, 0.15) is 40.2 Å². The van der Waals surface area contributed by atoms with Crippen LogP contribution in [0.2, 0.25) is 0 Å². The summed E-state index contributed by atoms with van der Waals surface area (Å²) in [5.41, 5.74) is 2.68. The van der Waals surface area contributed by atoms with Gasteiger partial charge in [0.2, 0.25) is 0 Å². The molecule has 0 spiro atoms. The third kappa shape index (κ3) is 4.76. The minimum atomic E-state index is -0.392. The summed E-state index contributed by atoms with van der Waals surface area (Å²) < 4.78 is 5.30. The van der Waals surface area contributed by atoms with E-state index in [1.165, 1.54) is 12.3 Å². The predicted octanol–water partition coefficient (Wildman–Crippen LogP) is 4.24. The summed E-state index contributed by atoms with van der Waals surface area (Å²) in [5, 5.41) is 5.64. The van der Waals surface area contributed by atoms with Crippen LogP contribution in [-0.4, -0.2) is 11.8 Å². The highest BCUT2D eigenvalue weighted by atomic mass is 16.3. The van der Waals surface area contributed by atoms with Crippen LogP contribution in [0, 0.1) is 6.92 Å². The Labute approximate surface area is 164 Å². The molecule has 5 heteroatoms. The van der Waals surface area contributed by atoms with Gasteiger partial charge < -0.3 is 15.1 Å². The van der Waals surface area contributed by atoms with E-state index in [0.717, 1.165) is 11.1 Å². The molecule has 2 aromatic carbocycles. The molecule has 0 saturated carbocycles. The second-order valence-electron chi connectivity index (χ2n) is 6.45. The molecular formula is C23H22N2O3. The molecular weight excluding hydrogens is 352 g/mol. The molecule has 5 nitrogen and oxygen atoms in total. The third-order valence-electron chi connectivity index (χ3n) is 4.36. The van der Waals surface area contributed by atoms with E-state index >= 15 is 0 Å². The maximum Gasteiger partial charge on any atom is 0.268 e. The van der Waals surface area contributed by atoms with Gasteiger partial charge in [-0.05, 0) is 49.2 Å². The van der Waals surface area contributed by atoms with E-state index < -0.39 is 5.91 Å². The van der Waals surface area contributed by atoms with Crippen LogP contribution in [-0.2, 0) is 4.79 Å². The average molecular weight is 374 g/mol. The topological polar surface area (TPSA) is 71.3 Å². The lowest BCUT2D eigenvalue weighted by Gasteiger charge is -2.18. The van der Waals surface area contributed by atoms with Crippen molar-refractivity contribution in [2.45, 2.75) is 19.9 Å². The Balaban J connectivity index is 1.81. The fourth-order valence-corrected chi connectivity index (χ4v) is 2.88. The van der Waals surface area contributed by atoms with Crippen molar-refractivity contribution in [3.05, 3.63) is 101 Å². The summed E-state index contributed by atoms with van der Waals surface area (Å²) in [6.07, 6.45) is 3.02. The van der Waals surface area contributed by atoms with Crippen molar-refractivity contribution in [3.8, 4) is 0 Å². The summed E-state index contributed by atoms with van der Waals surface area (Å²) >= 11 is 0. The van der Waals surface area contributed by atoms with Gasteiger partial charge in [-0.1, -0.05) is 42.5 Å². The fourth-order valence-electron chi connectivity index (χ4n) is 2.88. The molecule has 0 fully saturated rings. The number of carbonyl (C=O) groups is 2. The van der Waals surface area contributed by atoms with E-state index in [1.54, 1.807) is 36.4 Å². The number of aryl methyl sites for hydroxylation is 1. The molecule has 142 valence electrons. The quantitative estimate of drug-likeness (QED) is 0.634. The number of rotatable bonds is 6. The van der Waals surface area contributed by atoms with Crippen molar-refractivity contribution in [2.75, 3.05) is 0 Å². The van der Waals surface area contributed by atoms with Gasteiger partial charge in [0.15, 0.2) is 0 Å². The summed E-state index contributed by atoms with van der Waals surface area (Å²) in [6.45, 7) is 3.90. The number of benzene rings is 2. The van der Waals surface area contributed by atoms with E-state index in [-0.39, 0.29) is 17.6 Å². The summed E-state index contributed by atoms with van der Waals surface area (Å²) in [4.78, 5) is 25.4. The number of hydrogen-bond acceptors (Lipinski definition) is 3. The first-order chi connectivity index (χ1) is 13.5. The van der Waals surface area contributed by atoms with Gasteiger partial charge >= 0.3 is 0 Å². The van der Waals surface area contributed by atoms with Crippen LogP contribution in [0.5, 0.6) is 0 Å². The van der Waals surface area contributed by atoms with Crippen LogP contribution in [0.15, 0.2) is 83.1 Å². The van der Waals surface area contributed by atoms with Crippen LogP contribution in [0.3, 0.4) is 0 Å². The first-order valence-corrected chi connectivity index (χ1v) is 9.02. The minimum Gasteiger partial charge on any atom is -0.465 e. The van der Waals surface area contributed by atoms with Gasteiger partial charge in [-0.15, -0.1) is 0 Å². The molecule has 0 radical (unpaired) electrons. The zero-order valence-corrected chi connectivity index (χ0v) is 15.8. The summed E-state index contributed by atoms with van der Waals surface area (Å²) in [7, 11) is 0. The predicted molar refractivity (Wildman–Crippen MR) is 108 cm³/mol. The van der Waals surface area contributed by atoms with E-state index in [9.17, 15) is 9.59 Å². The second-order valence-corrected chi connectivity index (χ2v) is 6.45. The fraction of sp³-hybridized carbons (Fsp3) is 0.130. The molecule has 0 saturated heterocycles. The van der Waals surface area contributed by atoms with Gasteiger partial charge in [0.25, 0.3) is 11.8 Å². The maximum atomic E-state index is 12.9. The molecule has 1 atom stereocenters. The average Bonchev–Trinajstić information content (AvgIpc) is 3.21. The highest BCUT2D eigenvalue weighted by Crippen LogP contribution is 2.17. The molecule has 1 aromatic heterocycles. The Morgan fingerprint density at radius 1 is 0.964 bits per heavy atom. The molecule has 0 aliphatic carbocycles. The number of hydrogen-bond donors (Lipinski definition) is 2. The normalized spacial score (nSPS) is 12.3. The van der Waals surface area contributed by atoms with Gasteiger partial charge in [0, 0.05) is 11.6 Å². The highest BCUT2D eigenvalue weighted by molar-refractivity contribution is 6.05. The number of amides is 2. The first kappa shape index (κ1) is 19.2. The first-order valence-electron chi connectivity index (χ1n) is 9.02. The summed E-state index contributed by atoms with van der Waals surface area (Å²) in [5.74, 6) is -0.282. The smallest absolute Gasteiger partial charge is 0.268 e. The maximum absolute atomic E-state index is 12.9. The van der Waals surface area contributed by atoms with Gasteiger partial charge in [0.05, 0.1) is 12.3 Å². The molecule has 0 bridgehead atoms. The molecule has 2 N–H and O–H groups in total. The zero-order chi connectivity index (χ0) is 19.9. The molecule has 3 aromatic rings. The summed E-state index contributed by atoms with van der Waals surface area (Å²) in [6, 6.07) is 19.8. The van der Waals surface area contributed by atoms with Crippen LogP contribution in [0.25, 0.3) is 6.08 Å². The third-order valence-corrected chi connectivity index (χ3v) is 4.36. The van der Waals surface area contributed by atoms with Gasteiger partial charge in [-0.25, -0.2) is 0 Å². The van der Waals surface area contributed by atoms with Gasteiger partial charge in [0.1, 0.15) is 11.5 Å². The lowest BCUT2D eigenvalue weighted by Crippen LogP contribution is -2.36. The van der Waals surface area contributed by atoms with Crippen LogP contribution >= 0.6 is 0 Å². The van der Waals surface area contributed by atoms with Crippen LogP contribution in [0.4, 0.5) is 0 Å². The van der Waals surface area contributed by atoms with Crippen molar-refractivity contribution >= 4 is 17.9 Å². The second kappa shape index (κ2) is 8.86. The van der Waals surface area contributed by atoms with Crippen molar-refractivity contribution in [1.29, 1.82) is 0 Å². The molecule has 1 unspecified atom stereocenters. The van der Waals surface area contributed by atoms with E-state index in [2.05, 4.69) is 10.6 Å². The monoisotopic (exact) mass is 374 g/mol. The molecule has 28 heavy (non-hydrogen) atoms. The Bertz CT molecular complexity index is 976. The Morgan fingerprint density at radius 3 is 2.36 bits per heavy atom. The Morgan fingerprint density at radius 2 is 1.68 bits per heavy atom. The molecule has 0 aliphatic rings. The van der Waals surface area contributed by atoms with Crippen molar-refractivity contribution < 1.29 is 14.0 Å². The van der Waals surface area contributed by atoms with Gasteiger partial charge in [-0.2, -0.15) is 0 Å². The SMILES string of the molecule is Cc1ccccc1C(C)NC(=O)/C(=C/c1ccco1)NC(=O)c1ccccc1. The highest BCUT2D eigenvalue weighted by Gasteiger charge is 2.18. The molecule has 2 amide bonds. The van der Waals surface area contributed by atoms with Gasteiger partial charge in [-0.3, -0.25) is 9.59 Å². The van der Waals surface area contributed by atoms with Crippen molar-refractivity contribution in [1.82, 2.24) is 10.6 Å². The van der Waals surface area contributed by atoms with Crippen LogP contribution < -0.4 is 10.6 Å². The minimum absolute atomic E-state index is 0.115. The molecule has 0 aliphatic heterocycles. The largest absolute Gasteiger partial charge is 0.465 e. The lowest BCUT2D eigenvalue weighted by molar-refractivity contribution is -0.118. The van der Waals surface area contributed by atoms with E-state index in [0.29, 0.717) is 11.3 Å². The molecule has 3 rings (SSSR count). The number of furan rings is 1. The Hall–Kier alpha value is -3.60.